The van der Waals surface area contributed by atoms with E-state index in [1.54, 1.807) is 22.8 Å². The number of hydrogen-bond donors (Lipinski definition) is 0. The molecule has 0 aliphatic rings. The number of aromatic nitrogens is 1. The number of ether oxygens (including phenoxy) is 1. The Morgan fingerprint density at radius 3 is 2.50 bits per heavy atom. The number of benzene rings is 2. The zero-order chi connectivity index (χ0) is 18.8. The largest absolute Gasteiger partial charge is 0.468 e. The number of carbonyl (C=O) groups excluding carboxylic acids is 2. The summed E-state index contributed by atoms with van der Waals surface area (Å²) >= 11 is 7.57. The van der Waals surface area contributed by atoms with E-state index in [4.69, 9.17) is 16.3 Å². The molecule has 0 fully saturated rings. The molecule has 3 rings (SSSR count). The van der Waals surface area contributed by atoms with Gasteiger partial charge in [-0.15, -0.1) is 0 Å². The summed E-state index contributed by atoms with van der Waals surface area (Å²) in [5.41, 5.74) is 3.17. The van der Waals surface area contributed by atoms with Crippen molar-refractivity contribution in [2.24, 2.45) is 4.99 Å². The van der Waals surface area contributed by atoms with Crippen LogP contribution in [-0.2, 0) is 16.1 Å². The Bertz CT molecular complexity index is 1060. The Morgan fingerprint density at radius 1 is 1.15 bits per heavy atom. The molecule has 0 aliphatic carbocycles. The van der Waals surface area contributed by atoms with E-state index in [2.05, 4.69) is 4.99 Å². The van der Waals surface area contributed by atoms with Crippen LogP contribution in [-0.4, -0.2) is 23.6 Å². The number of halogens is 1. The molecule has 3 aromatic rings. The topological polar surface area (TPSA) is 60.7 Å². The van der Waals surface area contributed by atoms with Gasteiger partial charge < -0.3 is 9.30 Å². The van der Waals surface area contributed by atoms with Gasteiger partial charge in [0.2, 0.25) is 0 Å². The summed E-state index contributed by atoms with van der Waals surface area (Å²) in [5.74, 6) is -0.785. The highest BCUT2D eigenvalue weighted by atomic mass is 35.5. The third kappa shape index (κ3) is 3.57. The average Bonchev–Trinajstić information content (AvgIpc) is 2.96. The second-order valence-corrected chi connectivity index (χ2v) is 7.27. The van der Waals surface area contributed by atoms with Gasteiger partial charge in [0.25, 0.3) is 5.91 Å². The van der Waals surface area contributed by atoms with Gasteiger partial charge in [-0.2, -0.15) is 4.99 Å². The zero-order valence-electron chi connectivity index (χ0n) is 14.6. The molecule has 2 aromatic carbocycles. The molecule has 1 aromatic heterocycles. The first-order chi connectivity index (χ1) is 12.4. The van der Waals surface area contributed by atoms with Crippen LogP contribution in [0.1, 0.15) is 21.5 Å². The third-order valence-electron chi connectivity index (χ3n) is 4.04. The molecule has 0 aliphatic heterocycles. The normalized spacial score (nSPS) is 11.8. The summed E-state index contributed by atoms with van der Waals surface area (Å²) in [5, 5.41) is 0.588. The molecular formula is C19H17ClN2O3S. The molecule has 0 N–H and O–H groups in total. The number of nitrogens with zero attached hydrogens (tertiary/aromatic N) is 2. The van der Waals surface area contributed by atoms with E-state index in [0.29, 0.717) is 15.4 Å². The fraction of sp³-hybridized carbons (Fsp3) is 0.211. The van der Waals surface area contributed by atoms with Crippen LogP contribution in [0.5, 0.6) is 0 Å². The highest BCUT2D eigenvalue weighted by Gasteiger charge is 2.15. The summed E-state index contributed by atoms with van der Waals surface area (Å²) in [7, 11) is 1.32. The predicted molar refractivity (Wildman–Crippen MR) is 103 cm³/mol. The molecule has 0 atom stereocenters. The Kier molecular flexibility index (Phi) is 5.25. The summed E-state index contributed by atoms with van der Waals surface area (Å²) in [6.07, 6.45) is 0. The molecule has 5 nitrogen and oxygen atoms in total. The van der Waals surface area contributed by atoms with Crippen molar-refractivity contribution in [1.29, 1.82) is 0 Å². The summed E-state index contributed by atoms with van der Waals surface area (Å²) in [6, 6.07) is 10.9. The van der Waals surface area contributed by atoms with Crippen molar-refractivity contribution in [2.75, 3.05) is 7.11 Å². The van der Waals surface area contributed by atoms with Gasteiger partial charge in [0, 0.05) is 10.6 Å². The fourth-order valence-electron chi connectivity index (χ4n) is 2.59. The van der Waals surface area contributed by atoms with Crippen molar-refractivity contribution < 1.29 is 14.3 Å². The third-order valence-corrected chi connectivity index (χ3v) is 5.49. The van der Waals surface area contributed by atoms with Crippen molar-refractivity contribution in [3.05, 3.63) is 62.9 Å². The monoisotopic (exact) mass is 388 g/mol. The van der Waals surface area contributed by atoms with Gasteiger partial charge in [0.15, 0.2) is 4.80 Å². The van der Waals surface area contributed by atoms with Crippen molar-refractivity contribution >= 4 is 45.0 Å². The van der Waals surface area contributed by atoms with Crippen molar-refractivity contribution in [3.63, 3.8) is 0 Å². The van der Waals surface area contributed by atoms with Crippen LogP contribution >= 0.6 is 22.9 Å². The number of amides is 1. The summed E-state index contributed by atoms with van der Waals surface area (Å²) in [6.45, 7) is 3.78. The molecule has 0 radical (unpaired) electrons. The van der Waals surface area contributed by atoms with Crippen LogP contribution in [0.3, 0.4) is 0 Å². The summed E-state index contributed by atoms with van der Waals surface area (Å²) < 4.78 is 7.36. The minimum atomic E-state index is -0.423. The number of thiazole rings is 1. The maximum atomic E-state index is 12.5. The Labute approximate surface area is 159 Å². The maximum absolute atomic E-state index is 12.5. The minimum Gasteiger partial charge on any atom is -0.468 e. The Morgan fingerprint density at radius 2 is 1.85 bits per heavy atom. The number of hydrogen-bond acceptors (Lipinski definition) is 4. The summed E-state index contributed by atoms with van der Waals surface area (Å²) in [4.78, 5) is 29.1. The van der Waals surface area contributed by atoms with Crippen molar-refractivity contribution in [3.8, 4) is 0 Å². The van der Waals surface area contributed by atoms with Gasteiger partial charge in [-0.1, -0.05) is 40.6 Å². The van der Waals surface area contributed by atoms with Crippen LogP contribution in [0.15, 0.2) is 41.4 Å². The van der Waals surface area contributed by atoms with Gasteiger partial charge in [0.1, 0.15) is 6.54 Å². The lowest BCUT2D eigenvalue weighted by molar-refractivity contribution is -0.141. The van der Waals surface area contributed by atoms with Crippen molar-refractivity contribution in [1.82, 2.24) is 4.57 Å². The molecule has 0 saturated carbocycles. The van der Waals surface area contributed by atoms with Crippen LogP contribution in [0, 0.1) is 13.8 Å². The molecule has 7 heteroatoms. The van der Waals surface area contributed by atoms with E-state index in [0.717, 1.165) is 21.3 Å². The average molecular weight is 389 g/mol. The number of rotatable bonds is 3. The fourth-order valence-corrected chi connectivity index (χ4v) is 3.83. The highest BCUT2D eigenvalue weighted by Crippen LogP contribution is 2.27. The van der Waals surface area contributed by atoms with E-state index in [-0.39, 0.29) is 12.5 Å². The van der Waals surface area contributed by atoms with E-state index in [1.165, 1.54) is 18.4 Å². The Hall–Kier alpha value is -2.44. The van der Waals surface area contributed by atoms with Gasteiger partial charge in [-0.05, 0) is 43.7 Å². The molecule has 1 amide bonds. The molecule has 1 heterocycles. The predicted octanol–water partition coefficient (Wildman–Crippen LogP) is 3.89. The highest BCUT2D eigenvalue weighted by molar-refractivity contribution is 7.16. The molecule has 134 valence electrons. The number of aryl methyl sites for hydroxylation is 2. The molecule has 0 saturated heterocycles. The lowest BCUT2D eigenvalue weighted by Crippen LogP contribution is -2.22. The van der Waals surface area contributed by atoms with Crippen LogP contribution in [0.4, 0.5) is 0 Å². The quantitative estimate of drug-likeness (QED) is 0.639. The molecule has 0 bridgehead atoms. The lowest BCUT2D eigenvalue weighted by Gasteiger charge is -2.07. The van der Waals surface area contributed by atoms with Crippen LogP contribution in [0.25, 0.3) is 10.2 Å². The number of esters is 1. The van der Waals surface area contributed by atoms with E-state index in [9.17, 15) is 9.59 Å². The van der Waals surface area contributed by atoms with E-state index >= 15 is 0 Å². The number of carbonyl (C=O) groups is 2. The van der Waals surface area contributed by atoms with Gasteiger partial charge >= 0.3 is 5.97 Å². The Balaban J connectivity index is 2.19. The SMILES string of the molecule is COC(=O)Cn1c(=NC(=O)c2ccc(C)cc2)sc2ccc(Cl)c(C)c21. The van der Waals surface area contributed by atoms with Gasteiger partial charge in [-0.3, -0.25) is 9.59 Å². The first-order valence-electron chi connectivity index (χ1n) is 7.91. The van der Waals surface area contributed by atoms with Crippen LogP contribution < -0.4 is 4.80 Å². The first-order valence-corrected chi connectivity index (χ1v) is 9.11. The molecule has 26 heavy (non-hydrogen) atoms. The number of methoxy groups -OCH3 is 1. The van der Waals surface area contributed by atoms with E-state index in [1.807, 2.05) is 32.0 Å². The second-order valence-electron chi connectivity index (χ2n) is 5.85. The second kappa shape index (κ2) is 7.43. The minimum absolute atomic E-state index is 0.0440. The van der Waals surface area contributed by atoms with Crippen LogP contribution in [0.2, 0.25) is 5.02 Å². The van der Waals surface area contributed by atoms with Crippen molar-refractivity contribution in [2.45, 2.75) is 20.4 Å². The van der Waals surface area contributed by atoms with Gasteiger partial charge in [-0.25, -0.2) is 0 Å². The van der Waals surface area contributed by atoms with Gasteiger partial charge in [0.05, 0.1) is 17.3 Å². The smallest absolute Gasteiger partial charge is 0.325 e. The molecular weight excluding hydrogens is 372 g/mol. The molecule has 0 spiro atoms. The number of fused-ring (bicyclic) bond motifs is 1. The maximum Gasteiger partial charge on any atom is 0.325 e. The lowest BCUT2D eigenvalue weighted by atomic mass is 10.1. The molecule has 0 unspecified atom stereocenters. The standard InChI is InChI=1S/C19H17ClN2O3S/c1-11-4-6-13(7-5-11)18(24)21-19-22(10-16(23)25-3)17-12(2)14(20)8-9-15(17)26-19/h4-9H,10H2,1-3H3. The first kappa shape index (κ1) is 18.4. The zero-order valence-corrected chi connectivity index (χ0v) is 16.1. The van der Waals surface area contributed by atoms with E-state index < -0.39 is 5.97 Å².